The van der Waals surface area contributed by atoms with Gasteiger partial charge in [-0.15, -0.1) is 11.3 Å². The first kappa shape index (κ1) is 19.3. The van der Waals surface area contributed by atoms with E-state index in [4.69, 9.17) is 9.26 Å². The van der Waals surface area contributed by atoms with Gasteiger partial charge >= 0.3 is 6.03 Å². The lowest BCUT2D eigenvalue weighted by Gasteiger charge is -2.35. The lowest BCUT2D eigenvalue weighted by atomic mass is 9.94. The Labute approximate surface area is 170 Å². The second kappa shape index (κ2) is 8.14. The first-order valence-corrected chi connectivity index (χ1v) is 9.87. The molecule has 2 aromatic heterocycles. The second-order valence-corrected chi connectivity index (χ2v) is 7.43. The molecule has 29 heavy (non-hydrogen) atoms. The van der Waals surface area contributed by atoms with Crippen LogP contribution in [0.1, 0.15) is 24.4 Å². The minimum atomic E-state index is -0.543. The maximum absolute atomic E-state index is 13.4. The Bertz CT molecular complexity index is 1030. The van der Waals surface area contributed by atoms with Gasteiger partial charge in [0, 0.05) is 12.8 Å². The number of thiophene rings is 1. The zero-order valence-corrected chi connectivity index (χ0v) is 16.7. The van der Waals surface area contributed by atoms with E-state index in [1.807, 2.05) is 24.4 Å². The largest absolute Gasteiger partial charge is 0.383 e. The molecule has 9 heteroatoms. The average molecular weight is 414 g/mol. The maximum Gasteiger partial charge on any atom is 0.322 e. The maximum atomic E-state index is 13.4. The summed E-state index contributed by atoms with van der Waals surface area (Å²) in [5.41, 5.74) is 2.07. The minimum Gasteiger partial charge on any atom is -0.383 e. The summed E-state index contributed by atoms with van der Waals surface area (Å²) in [6, 6.07) is 8.99. The van der Waals surface area contributed by atoms with Crippen LogP contribution >= 0.6 is 11.3 Å². The molecule has 1 atom stereocenters. The molecule has 0 aliphatic carbocycles. The number of carbonyl (C=O) groups is 1. The van der Waals surface area contributed by atoms with Gasteiger partial charge in [0.25, 0.3) is 5.89 Å². The molecule has 0 bridgehead atoms. The van der Waals surface area contributed by atoms with Crippen LogP contribution in [0.2, 0.25) is 0 Å². The standard InChI is InChI=1S/C20H19FN4O3S/c1-12-16(19-23-18(24-28-19)15-4-3-11-29-15)17(13-5-7-14(21)8-6-13)22-20(26)25(12)9-10-27-2/h3-8,11,17H,9-10H2,1-2H3,(H,22,26). The Balaban J connectivity index is 1.79. The van der Waals surface area contributed by atoms with E-state index in [0.29, 0.717) is 36.1 Å². The summed E-state index contributed by atoms with van der Waals surface area (Å²) in [4.78, 5) is 19.7. The van der Waals surface area contributed by atoms with Crippen LogP contribution in [0.5, 0.6) is 0 Å². The van der Waals surface area contributed by atoms with Crippen LogP contribution in [-0.4, -0.2) is 41.3 Å². The molecule has 0 saturated heterocycles. The van der Waals surface area contributed by atoms with Crippen molar-refractivity contribution in [2.75, 3.05) is 20.3 Å². The number of allylic oxidation sites excluding steroid dienone is 1. The monoisotopic (exact) mass is 414 g/mol. The number of hydrogen-bond acceptors (Lipinski definition) is 6. The zero-order chi connectivity index (χ0) is 20.4. The normalized spacial score (nSPS) is 17.0. The summed E-state index contributed by atoms with van der Waals surface area (Å²) in [5.74, 6) is 0.439. The summed E-state index contributed by atoms with van der Waals surface area (Å²) in [6.07, 6.45) is 0. The Hall–Kier alpha value is -3.04. The van der Waals surface area contributed by atoms with Gasteiger partial charge in [-0.1, -0.05) is 23.4 Å². The fourth-order valence-electron chi connectivity index (χ4n) is 3.25. The summed E-state index contributed by atoms with van der Waals surface area (Å²) in [5, 5.41) is 8.99. The van der Waals surface area contributed by atoms with E-state index in [1.165, 1.54) is 23.5 Å². The highest BCUT2D eigenvalue weighted by Gasteiger charge is 2.35. The van der Waals surface area contributed by atoms with E-state index in [9.17, 15) is 9.18 Å². The van der Waals surface area contributed by atoms with Crippen LogP contribution in [0.25, 0.3) is 16.3 Å². The predicted octanol–water partition coefficient (Wildman–Crippen LogP) is 4.08. The topological polar surface area (TPSA) is 80.5 Å². The molecule has 2 amide bonds. The minimum absolute atomic E-state index is 0.268. The van der Waals surface area contributed by atoms with E-state index in [1.54, 1.807) is 24.1 Å². The van der Waals surface area contributed by atoms with Crippen LogP contribution in [0.4, 0.5) is 9.18 Å². The van der Waals surface area contributed by atoms with Crippen molar-refractivity contribution in [3.63, 3.8) is 0 Å². The third-order valence-electron chi connectivity index (χ3n) is 4.72. The number of ether oxygens (including phenoxy) is 1. The number of aromatic nitrogens is 2. The Kier molecular flexibility index (Phi) is 5.41. The van der Waals surface area contributed by atoms with Gasteiger partial charge in [0.05, 0.1) is 29.6 Å². The van der Waals surface area contributed by atoms with Gasteiger partial charge in [0.1, 0.15) is 5.82 Å². The summed E-state index contributed by atoms with van der Waals surface area (Å²) in [6.45, 7) is 2.58. The van der Waals surface area contributed by atoms with Gasteiger partial charge in [-0.05, 0) is 36.1 Å². The van der Waals surface area contributed by atoms with Gasteiger partial charge in [-0.3, -0.25) is 4.90 Å². The van der Waals surface area contributed by atoms with Crippen LogP contribution in [0.15, 0.2) is 52.0 Å². The number of rotatable bonds is 6. The molecule has 0 fully saturated rings. The summed E-state index contributed by atoms with van der Waals surface area (Å²) >= 11 is 1.51. The van der Waals surface area contributed by atoms with E-state index in [2.05, 4.69) is 15.5 Å². The highest BCUT2D eigenvalue weighted by Crippen LogP contribution is 2.37. The number of nitrogens with one attached hydrogen (secondary N) is 1. The van der Waals surface area contributed by atoms with E-state index in [-0.39, 0.29) is 11.8 Å². The van der Waals surface area contributed by atoms with Crippen molar-refractivity contribution in [1.29, 1.82) is 0 Å². The van der Waals surface area contributed by atoms with Crippen LogP contribution in [0, 0.1) is 5.82 Å². The van der Waals surface area contributed by atoms with Crippen molar-refractivity contribution in [2.45, 2.75) is 13.0 Å². The van der Waals surface area contributed by atoms with Crippen molar-refractivity contribution >= 4 is 22.9 Å². The Morgan fingerprint density at radius 3 is 2.79 bits per heavy atom. The van der Waals surface area contributed by atoms with Crippen LogP contribution in [-0.2, 0) is 4.74 Å². The quantitative estimate of drug-likeness (QED) is 0.657. The summed E-state index contributed by atoms with van der Waals surface area (Å²) < 4.78 is 24.1. The molecule has 1 aromatic carbocycles. The highest BCUT2D eigenvalue weighted by atomic mass is 32.1. The molecule has 7 nitrogen and oxygen atoms in total. The molecule has 1 unspecified atom stereocenters. The third kappa shape index (κ3) is 3.79. The number of nitrogens with zero attached hydrogens (tertiary/aromatic N) is 3. The number of halogens is 1. The molecule has 150 valence electrons. The molecule has 3 heterocycles. The number of carbonyl (C=O) groups excluding carboxylic acids is 1. The lowest BCUT2D eigenvalue weighted by molar-refractivity contribution is 0.158. The molecule has 3 aromatic rings. The van der Waals surface area contributed by atoms with Crippen molar-refractivity contribution in [3.05, 3.63) is 64.7 Å². The van der Waals surface area contributed by atoms with Gasteiger partial charge < -0.3 is 14.6 Å². The van der Waals surface area contributed by atoms with Gasteiger partial charge in [-0.2, -0.15) is 4.98 Å². The average Bonchev–Trinajstić information content (AvgIpc) is 3.40. The molecule has 4 rings (SSSR count). The van der Waals surface area contributed by atoms with Gasteiger partial charge in [0.2, 0.25) is 5.82 Å². The van der Waals surface area contributed by atoms with Crippen molar-refractivity contribution in [3.8, 4) is 10.7 Å². The molecular weight excluding hydrogens is 395 g/mol. The second-order valence-electron chi connectivity index (χ2n) is 6.48. The fraction of sp³-hybridized carbons (Fsp3) is 0.250. The number of methoxy groups -OCH3 is 1. The van der Waals surface area contributed by atoms with Crippen LogP contribution in [0.3, 0.4) is 0 Å². The smallest absolute Gasteiger partial charge is 0.322 e. The van der Waals surface area contributed by atoms with Gasteiger partial charge in [-0.25, -0.2) is 9.18 Å². The van der Waals surface area contributed by atoms with E-state index >= 15 is 0 Å². The Morgan fingerprint density at radius 1 is 1.31 bits per heavy atom. The predicted molar refractivity (Wildman–Crippen MR) is 106 cm³/mol. The van der Waals surface area contributed by atoms with Crippen molar-refractivity contribution in [1.82, 2.24) is 20.4 Å². The lowest BCUT2D eigenvalue weighted by Crippen LogP contribution is -2.47. The number of benzene rings is 1. The SMILES string of the molecule is COCCN1C(=O)NC(c2ccc(F)cc2)C(c2nc(-c3cccs3)no2)=C1C. The highest BCUT2D eigenvalue weighted by molar-refractivity contribution is 7.13. The molecule has 0 spiro atoms. The molecule has 1 aliphatic heterocycles. The van der Waals surface area contributed by atoms with Crippen LogP contribution < -0.4 is 5.32 Å². The number of hydrogen-bond donors (Lipinski definition) is 1. The Morgan fingerprint density at radius 2 is 2.10 bits per heavy atom. The third-order valence-corrected chi connectivity index (χ3v) is 5.58. The molecular formula is C20H19FN4O3S. The van der Waals surface area contributed by atoms with E-state index < -0.39 is 6.04 Å². The molecule has 1 aliphatic rings. The fourth-order valence-corrected chi connectivity index (χ4v) is 3.90. The first-order valence-electron chi connectivity index (χ1n) is 8.99. The molecule has 0 radical (unpaired) electrons. The zero-order valence-electron chi connectivity index (χ0n) is 15.9. The number of amides is 2. The molecule has 1 N–H and O–H groups in total. The summed E-state index contributed by atoms with van der Waals surface area (Å²) in [7, 11) is 1.58. The van der Waals surface area contributed by atoms with Gasteiger partial charge in [0.15, 0.2) is 0 Å². The van der Waals surface area contributed by atoms with E-state index in [0.717, 1.165) is 10.4 Å². The molecule has 0 saturated carbocycles. The number of urea groups is 1. The first-order chi connectivity index (χ1) is 14.1. The van der Waals surface area contributed by atoms with Crippen molar-refractivity contribution < 1.29 is 18.4 Å². The van der Waals surface area contributed by atoms with Crippen molar-refractivity contribution in [2.24, 2.45) is 0 Å².